The standard InChI is InChI=1S/C29H31NO6/c1-29(2,3)22-16-23(18-8-12-20(13-9-18)26(31)34-6)25(36-28(33)30(4)5)24(17-22)19-10-14-21(15-11-19)27(32)35-7/h8-17H,1-7H3. The molecule has 0 unspecified atom stereocenters. The summed E-state index contributed by atoms with van der Waals surface area (Å²) < 4.78 is 15.5. The van der Waals surface area contributed by atoms with Crippen LogP contribution < -0.4 is 4.74 Å². The maximum atomic E-state index is 12.7. The van der Waals surface area contributed by atoms with Gasteiger partial charge in [-0.2, -0.15) is 0 Å². The summed E-state index contributed by atoms with van der Waals surface area (Å²) in [6.07, 6.45) is -0.529. The van der Waals surface area contributed by atoms with Gasteiger partial charge < -0.3 is 19.1 Å². The molecule has 0 bridgehead atoms. The second-order valence-electron chi connectivity index (χ2n) is 9.55. The van der Waals surface area contributed by atoms with E-state index >= 15 is 0 Å². The molecule has 0 saturated heterocycles. The van der Waals surface area contributed by atoms with Gasteiger partial charge in [0.05, 0.1) is 25.3 Å². The first-order chi connectivity index (χ1) is 17.0. The Morgan fingerprint density at radius 1 is 0.694 bits per heavy atom. The first-order valence-electron chi connectivity index (χ1n) is 11.4. The van der Waals surface area contributed by atoms with Crippen molar-refractivity contribution in [1.82, 2.24) is 4.90 Å². The van der Waals surface area contributed by atoms with Gasteiger partial charge in [0.1, 0.15) is 5.75 Å². The number of carbonyl (C=O) groups is 3. The highest BCUT2D eigenvalue weighted by Gasteiger charge is 2.24. The van der Waals surface area contributed by atoms with Crippen molar-refractivity contribution in [3.63, 3.8) is 0 Å². The Bertz CT molecular complexity index is 1190. The SMILES string of the molecule is COC(=O)c1ccc(-c2cc(C(C)(C)C)cc(-c3ccc(C(=O)OC)cc3)c2OC(=O)N(C)C)cc1. The Balaban J connectivity index is 2.29. The van der Waals surface area contributed by atoms with Crippen molar-refractivity contribution < 1.29 is 28.6 Å². The van der Waals surface area contributed by atoms with Gasteiger partial charge in [0, 0.05) is 25.2 Å². The van der Waals surface area contributed by atoms with Crippen LogP contribution in [-0.2, 0) is 14.9 Å². The average Bonchev–Trinajstić information content (AvgIpc) is 2.87. The number of rotatable bonds is 5. The molecule has 0 atom stereocenters. The number of hydrogen-bond donors (Lipinski definition) is 0. The van der Waals surface area contributed by atoms with Gasteiger partial charge in [-0.05, 0) is 58.5 Å². The number of methoxy groups -OCH3 is 2. The number of ether oxygens (including phenoxy) is 3. The third-order valence-corrected chi connectivity index (χ3v) is 5.74. The van der Waals surface area contributed by atoms with Crippen LogP contribution in [-0.4, -0.2) is 51.2 Å². The van der Waals surface area contributed by atoms with Gasteiger partial charge in [-0.3, -0.25) is 0 Å². The van der Waals surface area contributed by atoms with Crippen LogP contribution in [0.25, 0.3) is 22.3 Å². The first kappa shape index (κ1) is 26.5. The van der Waals surface area contributed by atoms with E-state index in [4.69, 9.17) is 14.2 Å². The van der Waals surface area contributed by atoms with E-state index in [1.165, 1.54) is 19.1 Å². The molecule has 3 rings (SSSR count). The second kappa shape index (κ2) is 10.6. The molecule has 0 heterocycles. The molecule has 0 aromatic heterocycles. The predicted molar refractivity (Wildman–Crippen MR) is 138 cm³/mol. The molecule has 3 aromatic rings. The number of benzene rings is 3. The molecular formula is C29H31NO6. The lowest BCUT2D eigenvalue weighted by Gasteiger charge is -2.25. The largest absolute Gasteiger partial charge is 0.465 e. The Hall–Kier alpha value is -4.13. The number of hydrogen-bond acceptors (Lipinski definition) is 6. The smallest absolute Gasteiger partial charge is 0.414 e. The molecule has 7 nitrogen and oxygen atoms in total. The summed E-state index contributed by atoms with van der Waals surface area (Å²) in [7, 11) is 5.89. The highest BCUT2D eigenvalue weighted by molar-refractivity contribution is 5.93. The topological polar surface area (TPSA) is 82.1 Å². The van der Waals surface area contributed by atoms with Crippen LogP contribution in [0.1, 0.15) is 47.1 Å². The lowest BCUT2D eigenvalue weighted by atomic mass is 9.82. The van der Waals surface area contributed by atoms with Gasteiger partial charge in [-0.25, -0.2) is 14.4 Å². The molecule has 0 spiro atoms. The summed E-state index contributed by atoms with van der Waals surface area (Å²) in [5.41, 5.74) is 4.56. The van der Waals surface area contributed by atoms with Gasteiger partial charge >= 0.3 is 18.0 Å². The van der Waals surface area contributed by atoms with Crippen molar-refractivity contribution in [1.29, 1.82) is 0 Å². The number of esters is 2. The van der Waals surface area contributed by atoms with Crippen molar-refractivity contribution in [2.45, 2.75) is 26.2 Å². The first-order valence-corrected chi connectivity index (χ1v) is 11.4. The lowest BCUT2D eigenvalue weighted by molar-refractivity contribution is 0.0592. The van der Waals surface area contributed by atoms with Crippen LogP contribution in [0.3, 0.4) is 0 Å². The molecule has 0 aliphatic heterocycles. The van der Waals surface area contributed by atoms with E-state index in [2.05, 4.69) is 20.8 Å². The summed E-state index contributed by atoms with van der Waals surface area (Å²) >= 11 is 0. The summed E-state index contributed by atoms with van der Waals surface area (Å²) in [5, 5.41) is 0. The quantitative estimate of drug-likeness (QED) is 0.412. The van der Waals surface area contributed by atoms with Gasteiger partial charge in [-0.15, -0.1) is 0 Å². The van der Waals surface area contributed by atoms with Crippen molar-refractivity contribution in [3.05, 3.63) is 77.4 Å². The Labute approximate surface area is 211 Å². The summed E-state index contributed by atoms with van der Waals surface area (Å²) in [6, 6.07) is 17.9. The number of nitrogens with zero attached hydrogens (tertiary/aromatic N) is 1. The maximum Gasteiger partial charge on any atom is 0.414 e. The fourth-order valence-corrected chi connectivity index (χ4v) is 3.59. The monoisotopic (exact) mass is 489 g/mol. The molecule has 1 amide bonds. The highest BCUT2D eigenvalue weighted by Crippen LogP contribution is 2.43. The Morgan fingerprint density at radius 2 is 1.08 bits per heavy atom. The van der Waals surface area contributed by atoms with E-state index in [9.17, 15) is 14.4 Å². The Kier molecular flexibility index (Phi) is 7.83. The van der Waals surface area contributed by atoms with E-state index < -0.39 is 18.0 Å². The lowest BCUT2D eigenvalue weighted by Crippen LogP contribution is -2.26. The van der Waals surface area contributed by atoms with E-state index in [1.54, 1.807) is 62.6 Å². The van der Waals surface area contributed by atoms with Gasteiger partial charge in [0.15, 0.2) is 0 Å². The zero-order valence-electron chi connectivity index (χ0n) is 21.7. The fraction of sp³-hybridized carbons (Fsp3) is 0.276. The molecule has 36 heavy (non-hydrogen) atoms. The second-order valence-corrected chi connectivity index (χ2v) is 9.55. The molecule has 7 heteroatoms. The minimum Gasteiger partial charge on any atom is -0.465 e. The molecule has 0 N–H and O–H groups in total. The van der Waals surface area contributed by atoms with E-state index in [0.29, 0.717) is 28.0 Å². The molecule has 3 aromatic carbocycles. The van der Waals surface area contributed by atoms with Gasteiger partial charge in [0.25, 0.3) is 0 Å². The van der Waals surface area contributed by atoms with Crippen LogP contribution in [0.2, 0.25) is 0 Å². The maximum absolute atomic E-state index is 12.7. The highest BCUT2D eigenvalue weighted by atomic mass is 16.6. The molecule has 0 saturated carbocycles. The minimum absolute atomic E-state index is 0.217. The van der Waals surface area contributed by atoms with E-state index in [-0.39, 0.29) is 5.41 Å². The summed E-state index contributed by atoms with van der Waals surface area (Å²) in [4.78, 5) is 37.9. The van der Waals surface area contributed by atoms with Crippen LogP contribution in [0.5, 0.6) is 5.75 Å². The van der Waals surface area contributed by atoms with Crippen LogP contribution >= 0.6 is 0 Å². The van der Waals surface area contributed by atoms with E-state index in [1.807, 2.05) is 12.1 Å². The Morgan fingerprint density at radius 3 is 1.39 bits per heavy atom. The molecule has 0 aliphatic carbocycles. The number of amides is 1. The summed E-state index contributed by atoms with van der Waals surface area (Å²) in [6.45, 7) is 6.30. The van der Waals surface area contributed by atoms with Crippen molar-refractivity contribution in [2.75, 3.05) is 28.3 Å². The minimum atomic E-state index is -0.529. The average molecular weight is 490 g/mol. The van der Waals surface area contributed by atoms with Crippen molar-refractivity contribution >= 4 is 18.0 Å². The van der Waals surface area contributed by atoms with Crippen LogP contribution in [0.15, 0.2) is 60.7 Å². The molecule has 0 radical (unpaired) electrons. The third-order valence-electron chi connectivity index (χ3n) is 5.74. The van der Waals surface area contributed by atoms with Crippen LogP contribution in [0, 0.1) is 0 Å². The predicted octanol–water partition coefficient (Wildman–Crippen LogP) is 5.95. The third kappa shape index (κ3) is 5.74. The molecule has 188 valence electrons. The zero-order valence-corrected chi connectivity index (χ0v) is 21.7. The normalized spacial score (nSPS) is 11.0. The summed E-state index contributed by atoms with van der Waals surface area (Å²) in [5.74, 6) is -0.496. The van der Waals surface area contributed by atoms with Crippen molar-refractivity contribution in [3.8, 4) is 28.0 Å². The van der Waals surface area contributed by atoms with E-state index in [0.717, 1.165) is 16.7 Å². The van der Waals surface area contributed by atoms with Crippen molar-refractivity contribution in [2.24, 2.45) is 0 Å². The van der Waals surface area contributed by atoms with Crippen LogP contribution in [0.4, 0.5) is 4.79 Å². The van der Waals surface area contributed by atoms with Gasteiger partial charge in [-0.1, -0.05) is 45.0 Å². The zero-order chi connectivity index (χ0) is 26.6. The van der Waals surface area contributed by atoms with Gasteiger partial charge in [0.2, 0.25) is 0 Å². The molecule has 0 aliphatic rings. The molecular weight excluding hydrogens is 458 g/mol. The number of carbonyl (C=O) groups excluding carboxylic acids is 3. The fourth-order valence-electron chi connectivity index (χ4n) is 3.59. The molecule has 0 fully saturated rings.